The average molecular weight is 448 g/mol. The quantitative estimate of drug-likeness (QED) is 0.693. The lowest BCUT2D eigenvalue weighted by atomic mass is 10.1. The third-order valence-corrected chi connectivity index (χ3v) is 6.82. The van der Waals surface area contributed by atoms with E-state index in [1.54, 1.807) is 24.3 Å². The minimum absolute atomic E-state index is 0.0762. The normalized spacial score (nSPS) is 15.3. The van der Waals surface area contributed by atoms with Gasteiger partial charge in [-0.1, -0.05) is 6.07 Å². The summed E-state index contributed by atoms with van der Waals surface area (Å²) in [5.41, 5.74) is 1.17. The van der Waals surface area contributed by atoms with Gasteiger partial charge in [0.25, 0.3) is 0 Å². The number of carbonyl (C=O) groups is 1. The zero-order valence-corrected chi connectivity index (χ0v) is 18.1. The van der Waals surface area contributed by atoms with Crippen LogP contribution in [0.1, 0.15) is 25.5 Å². The van der Waals surface area contributed by atoms with Crippen LogP contribution in [0.5, 0.6) is 23.0 Å². The van der Waals surface area contributed by atoms with Crippen molar-refractivity contribution in [3.05, 3.63) is 42.0 Å². The number of anilines is 1. The molecule has 0 fully saturated rings. The number of amides is 1. The maximum atomic E-state index is 12.8. The van der Waals surface area contributed by atoms with Crippen LogP contribution in [-0.2, 0) is 14.8 Å². The minimum atomic E-state index is -3.70. The highest BCUT2D eigenvalue weighted by atomic mass is 32.2. The molecule has 4 rings (SSSR count). The van der Waals surface area contributed by atoms with E-state index in [4.69, 9.17) is 18.9 Å². The predicted octanol–water partition coefficient (Wildman–Crippen LogP) is 2.22. The van der Waals surface area contributed by atoms with Crippen molar-refractivity contribution < 1.29 is 32.2 Å². The summed E-state index contributed by atoms with van der Waals surface area (Å²) >= 11 is 0. The van der Waals surface area contributed by atoms with Gasteiger partial charge in [0.1, 0.15) is 19.8 Å². The van der Waals surface area contributed by atoms with Gasteiger partial charge in [0.2, 0.25) is 22.7 Å². The van der Waals surface area contributed by atoms with Crippen molar-refractivity contribution in [3.8, 4) is 23.0 Å². The first-order valence-corrected chi connectivity index (χ1v) is 11.6. The van der Waals surface area contributed by atoms with Gasteiger partial charge in [-0.15, -0.1) is 0 Å². The fraction of sp³-hybridized carbons (Fsp3) is 0.381. The van der Waals surface area contributed by atoms with Crippen LogP contribution in [0.2, 0.25) is 0 Å². The van der Waals surface area contributed by atoms with E-state index >= 15 is 0 Å². The first-order valence-electron chi connectivity index (χ1n) is 9.96. The molecule has 2 aliphatic rings. The molecule has 0 spiro atoms. The van der Waals surface area contributed by atoms with Gasteiger partial charge in [-0.3, -0.25) is 9.10 Å². The molecule has 31 heavy (non-hydrogen) atoms. The number of nitrogens with zero attached hydrogens (tertiary/aromatic N) is 1. The molecule has 1 atom stereocenters. The molecule has 166 valence electrons. The summed E-state index contributed by atoms with van der Waals surface area (Å²) in [6, 6.07) is 9.89. The predicted molar refractivity (Wildman–Crippen MR) is 113 cm³/mol. The molecular weight excluding hydrogens is 424 g/mol. The SMILES string of the molecule is CCS(=O)(=O)N(CC(=O)N[C@H](C)c1ccc2c(c1)OCCO2)c1ccc2c(c1)OCO2. The Bertz CT molecular complexity index is 1090. The highest BCUT2D eigenvalue weighted by molar-refractivity contribution is 7.92. The van der Waals surface area contributed by atoms with E-state index in [1.807, 2.05) is 19.1 Å². The summed E-state index contributed by atoms with van der Waals surface area (Å²) in [4.78, 5) is 12.8. The molecule has 0 saturated heterocycles. The molecule has 10 heteroatoms. The Labute approximate surface area is 180 Å². The lowest BCUT2D eigenvalue weighted by Gasteiger charge is -2.25. The number of nitrogens with one attached hydrogen (secondary N) is 1. The molecule has 2 aromatic carbocycles. The summed E-state index contributed by atoms with van der Waals surface area (Å²) < 4.78 is 48.2. The van der Waals surface area contributed by atoms with Crippen molar-refractivity contribution in [1.82, 2.24) is 5.32 Å². The molecule has 2 heterocycles. The van der Waals surface area contributed by atoms with Crippen molar-refractivity contribution in [2.45, 2.75) is 19.9 Å². The van der Waals surface area contributed by atoms with Gasteiger partial charge in [-0.25, -0.2) is 8.42 Å². The monoisotopic (exact) mass is 448 g/mol. The van der Waals surface area contributed by atoms with Gasteiger partial charge in [0.15, 0.2) is 23.0 Å². The van der Waals surface area contributed by atoms with Crippen LogP contribution in [0, 0.1) is 0 Å². The topological polar surface area (TPSA) is 103 Å². The summed E-state index contributed by atoms with van der Waals surface area (Å²) in [7, 11) is -3.70. The Kier molecular flexibility index (Phi) is 5.81. The fourth-order valence-electron chi connectivity index (χ4n) is 3.38. The Morgan fingerprint density at radius 1 is 1.00 bits per heavy atom. The number of hydrogen-bond donors (Lipinski definition) is 1. The van der Waals surface area contributed by atoms with Crippen LogP contribution < -0.4 is 28.6 Å². The molecule has 1 amide bonds. The lowest BCUT2D eigenvalue weighted by Crippen LogP contribution is -2.42. The maximum Gasteiger partial charge on any atom is 0.241 e. The van der Waals surface area contributed by atoms with Crippen LogP contribution >= 0.6 is 0 Å². The summed E-state index contributed by atoms with van der Waals surface area (Å²) in [5, 5.41) is 2.85. The van der Waals surface area contributed by atoms with Crippen LogP contribution in [0.3, 0.4) is 0 Å². The molecule has 0 saturated carbocycles. The fourth-order valence-corrected chi connectivity index (χ4v) is 4.44. The van der Waals surface area contributed by atoms with Crippen LogP contribution in [-0.4, -0.2) is 46.6 Å². The second-order valence-electron chi connectivity index (χ2n) is 7.14. The van der Waals surface area contributed by atoms with Crippen molar-refractivity contribution in [1.29, 1.82) is 0 Å². The number of rotatable bonds is 7. The third-order valence-electron chi connectivity index (χ3n) is 5.08. The standard InChI is InChI=1S/C21H24N2O7S/c1-3-31(25,26)23(16-5-7-18-20(11-16)30-13-29-18)12-21(24)22-14(2)15-4-6-17-19(10-15)28-9-8-27-17/h4-7,10-11,14H,3,8-9,12-13H2,1-2H3,(H,22,24)/t14-/m1/s1. The maximum absolute atomic E-state index is 12.8. The Hall–Kier alpha value is -3.14. The zero-order chi connectivity index (χ0) is 22.0. The van der Waals surface area contributed by atoms with Gasteiger partial charge in [0, 0.05) is 6.07 Å². The highest BCUT2D eigenvalue weighted by Crippen LogP contribution is 2.36. The largest absolute Gasteiger partial charge is 0.486 e. The minimum Gasteiger partial charge on any atom is -0.486 e. The molecule has 2 aliphatic heterocycles. The van der Waals surface area contributed by atoms with Crippen LogP contribution in [0.15, 0.2) is 36.4 Å². The zero-order valence-electron chi connectivity index (χ0n) is 17.3. The summed E-state index contributed by atoms with van der Waals surface area (Å²) in [6.45, 7) is 4.04. The van der Waals surface area contributed by atoms with E-state index in [0.717, 1.165) is 9.87 Å². The Morgan fingerprint density at radius 3 is 2.42 bits per heavy atom. The van der Waals surface area contributed by atoms with Gasteiger partial charge < -0.3 is 24.3 Å². The van der Waals surface area contributed by atoms with Crippen LogP contribution in [0.25, 0.3) is 0 Å². The van der Waals surface area contributed by atoms with Crippen molar-refractivity contribution >= 4 is 21.6 Å². The molecule has 0 aromatic heterocycles. The Morgan fingerprint density at radius 2 is 1.65 bits per heavy atom. The van der Waals surface area contributed by atoms with Crippen molar-refractivity contribution in [2.24, 2.45) is 0 Å². The van der Waals surface area contributed by atoms with E-state index in [0.29, 0.717) is 41.9 Å². The van der Waals surface area contributed by atoms with E-state index in [9.17, 15) is 13.2 Å². The van der Waals surface area contributed by atoms with E-state index < -0.39 is 15.9 Å². The second kappa shape index (κ2) is 8.54. The molecule has 0 radical (unpaired) electrons. The molecular formula is C21H24N2O7S. The molecule has 0 unspecified atom stereocenters. The van der Waals surface area contributed by atoms with Crippen molar-refractivity contribution in [3.63, 3.8) is 0 Å². The third kappa shape index (κ3) is 4.48. The first-order chi connectivity index (χ1) is 14.9. The summed E-state index contributed by atoms with van der Waals surface area (Å²) in [5.74, 6) is 1.69. The number of benzene rings is 2. The van der Waals surface area contributed by atoms with Gasteiger partial charge in [0.05, 0.1) is 17.5 Å². The van der Waals surface area contributed by atoms with Gasteiger partial charge >= 0.3 is 0 Å². The van der Waals surface area contributed by atoms with E-state index in [1.165, 1.54) is 6.92 Å². The molecule has 0 aliphatic carbocycles. The van der Waals surface area contributed by atoms with Gasteiger partial charge in [-0.2, -0.15) is 0 Å². The van der Waals surface area contributed by atoms with E-state index in [-0.39, 0.29) is 25.1 Å². The number of carbonyl (C=O) groups excluding carboxylic acids is 1. The van der Waals surface area contributed by atoms with E-state index in [2.05, 4.69) is 5.32 Å². The number of sulfonamides is 1. The number of hydrogen-bond acceptors (Lipinski definition) is 7. The first kappa shape index (κ1) is 21.1. The summed E-state index contributed by atoms with van der Waals surface area (Å²) in [6.07, 6.45) is 0. The van der Waals surface area contributed by atoms with Crippen LogP contribution in [0.4, 0.5) is 5.69 Å². The average Bonchev–Trinajstić information content (AvgIpc) is 3.25. The molecule has 2 aromatic rings. The second-order valence-corrected chi connectivity index (χ2v) is 9.32. The highest BCUT2D eigenvalue weighted by Gasteiger charge is 2.26. The number of fused-ring (bicyclic) bond motifs is 2. The smallest absolute Gasteiger partial charge is 0.241 e. The molecule has 9 nitrogen and oxygen atoms in total. The molecule has 1 N–H and O–H groups in total. The molecule has 0 bridgehead atoms. The number of ether oxygens (including phenoxy) is 4. The van der Waals surface area contributed by atoms with Gasteiger partial charge in [-0.05, 0) is 43.7 Å². The van der Waals surface area contributed by atoms with Crippen molar-refractivity contribution in [2.75, 3.05) is 36.6 Å². The lowest BCUT2D eigenvalue weighted by molar-refractivity contribution is -0.120. The Balaban J connectivity index is 1.50.